The molecule has 74 valence electrons. The van der Waals surface area contributed by atoms with Gasteiger partial charge in [0.15, 0.2) is 0 Å². The lowest BCUT2D eigenvalue weighted by Crippen LogP contribution is -2.13. The van der Waals surface area contributed by atoms with Gasteiger partial charge in [0, 0.05) is 18.1 Å². The van der Waals surface area contributed by atoms with Crippen LogP contribution in [0.15, 0.2) is 28.7 Å². The highest BCUT2D eigenvalue weighted by Gasteiger charge is 2.06. The van der Waals surface area contributed by atoms with E-state index in [0.717, 1.165) is 10.0 Å². The Balaban J connectivity index is 0.00000144. The number of benzene rings is 1. The van der Waals surface area contributed by atoms with Crippen molar-refractivity contribution in [2.45, 2.75) is 6.10 Å². The third kappa shape index (κ3) is 3.65. The molecule has 1 aromatic rings. The quantitative estimate of drug-likeness (QED) is 0.912. The first-order valence-electron chi connectivity index (χ1n) is 3.76. The maximum Gasteiger partial charge on any atom is 0.0943 e. The summed E-state index contributed by atoms with van der Waals surface area (Å²) >= 11 is 3.39. The molecule has 0 fully saturated rings. The first-order chi connectivity index (χ1) is 5.77. The van der Waals surface area contributed by atoms with Crippen molar-refractivity contribution in [3.8, 4) is 0 Å². The highest BCUT2D eigenvalue weighted by molar-refractivity contribution is 9.10. The van der Waals surface area contributed by atoms with Crippen LogP contribution < -0.4 is 5.73 Å². The van der Waals surface area contributed by atoms with Crippen molar-refractivity contribution in [2.75, 3.05) is 13.7 Å². The van der Waals surface area contributed by atoms with Crippen molar-refractivity contribution in [3.05, 3.63) is 34.3 Å². The summed E-state index contributed by atoms with van der Waals surface area (Å²) in [6.07, 6.45) is 0.00231. The number of halogens is 2. The van der Waals surface area contributed by atoms with Crippen LogP contribution in [0.5, 0.6) is 0 Å². The van der Waals surface area contributed by atoms with Crippen LogP contribution in [0.2, 0.25) is 0 Å². The maximum atomic E-state index is 5.53. The molecule has 0 saturated carbocycles. The Morgan fingerprint density at radius 2 is 2.23 bits per heavy atom. The van der Waals surface area contributed by atoms with Crippen molar-refractivity contribution in [2.24, 2.45) is 5.73 Å². The van der Waals surface area contributed by atoms with Gasteiger partial charge < -0.3 is 10.5 Å². The first-order valence-corrected chi connectivity index (χ1v) is 4.55. The minimum atomic E-state index is 0. The predicted octanol–water partition coefficient (Wildman–Crippen LogP) is 2.52. The minimum absolute atomic E-state index is 0. The summed E-state index contributed by atoms with van der Waals surface area (Å²) in [5.41, 5.74) is 6.63. The molecule has 0 aliphatic heterocycles. The van der Waals surface area contributed by atoms with E-state index in [9.17, 15) is 0 Å². The van der Waals surface area contributed by atoms with Crippen molar-refractivity contribution in [1.82, 2.24) is 0 Å². The Kier molecular flexibility index (Phi) is 6.33. The molecule has 2 nitrogen and oxygen atoms in total. The third-order valence-electron chi connectivity index (χ3n) is 1.72. The van der Waals surface area contributed by atoms with Crippen LogP contribution in [0.3, 0.4) is 0 Å². The fraction of sp³-hybridized carbons (Fsp3) is 0.333. The molecule has 1 atom stereocenters. The van der Waals surface area contributed by atoms with E-state index in [1.54, 1.807) is 7.11 Å². The number of hydrogen-bond acceptors (Lipinski definition) is 2. The smallest absolute Gasteiger partial charge is 0.0943 e. The van der Waals surface area contributed by atoms with Crippen molar-refractivity contribution in [3.63, 3.8) is 0 Å². The monoisotopic (exact) mass is 265 g/mol. The second-order valence-electron chi connectivity index (χ2n) is 2.52. The van der Waals surface area contributed by atoms with E-state index in [1.165, 1.54) is 0 Å². The van der Waals surface area contributed by atoms with E-state index >= 15 is 0 Å². The van der Waals surface area contributed by atoms with Crippen LogP contribution in [0.1, 0.15) is 11.7 Å². The second-order valence-corrected chi connectivity index (χ2v) is 3.43. The third-order valence-corrected chi connectivity index (χ3v) is 2.21. The van der Waals surface area contributed by atoms with Gasteiger partial charge in [-0.2, -0.15) is 0 Å². The Morgan fingerprint density at radius 1 is 1.54 bits per heavy atom. The molecule has 0 saturated heterocycles. The van der Waals surface area contributed by atoms with Gasteiger partial charge in [0.2, 0.25) is 0 Å². The minimum Gasteiger partial charge on any atom is -0.375 e. The zero-order valence-electron chi connectivity index (χ0n) is 7.37. The summed E-state index contributed by atoms with van der Waals surface area (Å²) in [6.45, 7) is 0.507. The van der Waals surface area contributed by atoms with Crippen LogP contribution in [0.4, 0.5) is 0 Å². The topological polar surface area (TPSA) is 35.2 Å². The number of methoxy groups -OCH3 is 1. The molecule has 0 heterocycles. The fourth-order valence-electron chi connectivity index (χ4n) is 1.08. The molecule has 0 amide bonds. The number of rotatable bonds is 3. The average molecular weight is 267 g/mol. The SMILES string of the molecule is COC(CN)c1cccc(Br)c1.Cl. The van der Waals surface area contributed by atoms with Gasteiger partial charge in [0.05, 0.1) is 6.10 Å². The number of hydrogen-bond donors (Lipinski definition) is 1. The van der Waals surface area contributed by atoms with E-state index in [0.29, 0.717) is 6.54 Å². The highest BCUT2D eigenvalue weighted by atomic mass is 79.9. The summed E-state index contributed by atoms with van der Waals surface area (Å²) in [5.74, 6) is 0. The Labute approximate surface area is 93.0 Å². The Hall–Kier alpha value is -0.0900. The highest BCUT2D eigenvalue weighted by Crippen LogP contribution is 2.19. The van der Waals surface area contributed by atoms with E-state index in [-0.39, 0.29) is 18.5 Å². The Bertz CT molecular complexity index is 253. The van der Waals surface area contributed by atoms with Gasteiger partial charge in [-0.05, 0) is 17.7 Å². The molecule has 0 spiro atoms. The molecule has 1 unspecified atom stereocenters. The zero-order valence-corrected chi connectivity index (χ0v) is 9.77. The standard InChI is InChI=1S/C9H12BrNO.ClH/c1-12-9(6-11)7-3-2-4-8(10)5-7;/h2-5,9H,6,11H2,1H3;1H. The number of nitrogens with two attached hydrogens (primary N) is 1. The first kappa shape index (κ1) is 12.9. The fourth-order valence-corrected chi connectivity index (χ4v) is 1.49. The van der Waals surface area contributed by atoms with Crippen LogP contribution in [-0.2, 0) is 4.74 Å². The summed E-state index contributed by atoms with van der Waals surface area (Å²) in [7, 11) is 1.67. The lowest BCUT2D eigenvalue weighted by molar-refractivity contribution is 0.110. The van der Waals surface area contributed by atoms with Gasteiger partial charge >= 0.3 is 0 Å². The van der Waals surface area contributed by atoms with Gasteiger partial charge in [-0.25, -0.2) is 0 Å². The van der Waals surface area contributed by atoms with E-state index in [4.69, 9.17) is 10.5 Å². The van der Waals surface area contributed by atoms with E-state index in [2.05, 4.69) is 15.9 Å². The van der Waals surface area contributed by atoms with Gasteiger partial charge in [0.1, 0.15) is 0 Å². The zero-order chi connectivity index (χ0) is 8.97. The normalized spacial score (nSPS) is 11.9. The average Bonchev–Trinajstić information content (AvgIpc) is 2.07. The molecule has 0 radical (unpaired) electrons. The lowest BCUT2D eigenvalue weighted by Gasteiger charge is -2.12. The predicted molar refractivity (Wildman–Crippen MR) is 60.2 cm³/mol. The summed E-state index contributed by atoms with van der Waals surface area (Å²) in [6, 6.07) is 7.97. The largest absolute Gasteiger partial charge is 0.375 e. The van der Waals surface area contributed by atoms with Crippen molar-refractivity contribution >= 4 is 28.3 Å². The van der Waals surface area contributed by atoms with Crippen LogP contribution in [0.25, 0.3) is 0 Å². The molecular weight excluding hydrogens is 253 g/mol. The summed E-state index contributed by atoms with van der Waals surface area (Å²) < 4.78 is 6.25. The molecule has 2 N–H and O–H groups in total. The van der Waals surface area contributed by atoms with Crippen LogP contribution in [-0.4, -0.2) is 13.7 Å². The summed E-state index contributed by atoms with van der Waals surface area (Å²) in [4.78, 5) is 0. The van der Waals surface area contributed by atoms with Crippen molar-refractivity contribution in [1.29, 1.82) is 0 Å². The molecule has 13 heavy (non-hydrogen) atoms. The molecule has 4 heteroatoms. The van der Waals surface area contributed by atoms with E-state index in [1.807, 2.05) is 24.3 Å². The van der Waals surface area contributed by atoms with Gasteiger partial charge in [0.25, 0.3) is 0 Å². The molecular formula is C9H13BrClNO. The maximum absolute atomic E-state index is 5.53. The molecule has 0 bridgehead atoms. The molecule has 0 aliphatic carbocycles. The van der Waals surface area contributed by atoms with Gasteiger partial charge in [-0.3, -0.25) is 0 Å². The molecule has 1 aromatic carbocycles. The molecule has 1 rings (SSSR count). The lowest BCUT2D eigenvalue weighted by atomic mass is 10.1. The molecule has 0 aliphatic rings. The number of ether oxygens (including phenoxy) is 1. The van der Waals surface area contributed by atoms with E-state index < -0.39 is 0 Å². The second kappa shape index (κ2) is 6.38. The molecule has 0 aromatic heterocycles. The van der Waals surface area contributed by atoms with Gasteiger partial charge in [-0.1, -0.05) is 28.1 Å². The van der Waals surface area contributed by atoms with Crippen molar-refractivity contribution < 1.29 is 4.74 Å². The van der Waals surface area contributed by atoms with Crippen LogP contribution in [0, 0.1) is 0 Å². The van der Waals surface area contributed by atoms with Gasteiger partial charge in [-0.15, -0.1) is 12.4 Å². The summed E-state index contributed by atoms with van der Waals surface area (Å²) in [5, 5.41) is 0. The van der Waals surface area contributed by atoms with Crippen LogP contribution >= 0.6 is 28.3 Å². The Morgan fingerprint density at radius 3 is 2.69 bits per heavy atom.